The van der Waals surface area contributed by atoms with Crippen molar-refractivity contribution in [3.63, 3.8) is 0 Å². The molecule has 0 aromatic rings. The first-order valence-electron chi connectivity index (χ1n) is 27.0. The van der Waals surface area contributed by atoms with E-state index in [2.05, 4.69) is 93.7 Å². The van der Waals surface area contributed by atoms with Crippen LogP contribution >= 0.6 is 0 Å². The summed E-state index contributed by atoms with van der Waals surface area (Å²) in [6.07, 6.45) is 65.9. The Bertz CT molecular complexity index is 1210. The number of esters is 3. The van der Waals surface area contributed by atoms with E-state index in [1.54, 1.807) is 0 Å². The fourth-order valence-electron chi connectivity index (χ4n) is 7.46. The number of allylic oxidation sites excluding steroid dienone is 12. The first-order valence-corrected chi connectivity index (χ1v) is 27.0. The first kappa shape index (κ1) is 60.9. The molecule has 0 spiro atoms. The third kappa shape index (κ3) is 49.9. The van der Waals surface area contributed by atoms with Gasteiger partial charge in [-0.1, -0.05) is 235 Å². The summed E-state index contributed by atoms with van der Waals surface area (Å²) in [5.74, 6) is -0.915. The van der Waals surface area contributed by atoms with Crippen molar-refractivity contribution in [3.05, 3.63) is 72.9 Å². The van der Waals surface area contributed by atoms with Gasteiger partial charge in [-0.25, -0.2) is 0 Å². The molecule has 0 aromatic carbocycles. The molecule has 0 amide bonds. The van der Waals surface area contributed by atoms with E-state index >= 15 is 0 Å². The summed E-state index contributed by atoms with van der Waals surface area (Å²) in [6.45, 7) is 6.49. The predicted octanol–water partition coefficient (Wildman–Crippen LogP) is 17.8. The van der Waals surface area contributed by atoms with Crippen molar-refractivity contribution in [2.75, 3.05) is 13.2 Å². The molecule has 64 heavy (non-hydrogen) atoms. The van der Waals surface area contributed by atoms with Crippen molar-refractivity contribution >= 4 is 17.9 Å². The Kier molecular flexibility index (Phi) is 49.9. The minimum absolute atomic E-state index is 0.0860. The predicted molar refractivity (Wildman–Crippen MR) is 274 cm³/mol. The molecule has 1 atom stereocenters. The third-order valence-electron chi connectivity index (χ3n) is 11.5. The zero-order chi connectivity index (χ0) is 46.5. The maximum absolute atomic E-state index is 12.8. The van der Waals surface area contributed by atoms with Crippen LogP contribution in [0.25, 0.3) is 0 Å². The summed E-state index contributed by atoms with van der Waals surface area (Å²) in [7, 11) is 0. The Balaban J connectivity index is 4.43. The molecule has 0 fully saturated rings. The molecular weight excluding hydrogens is 793 g/mol. The maximum atomic E-state index is 12.8. The van der Waals surface area contributed by atoms with Crippen LogP contribution in [0.2, 0.25) is 0 Å². The average molecular weight is 893 g/mol. The number of ether oxygens (including phenoxy) is 3. The highest BCUT2D eigenvalue weighted by molar-refractivity contribution is 5.71. The summed E-state index contributed by atoms with van der Waals surface area (Å²) in [4.78, 5) is 38.0. The zero-order valence-corrected chi connectivity index (χ0v) is 42.0. The molecule has 368 valence electrons. The Hall–Kier alpha value is -3.15. The largest absolute Gasteiger partial charge is 0.462 e. The lowest BCUT2D eigenvalue weighted by molar-refractivity contribution is -0.167. The van der Waals surface area contributed by atoms with Crippen LogP contribution in [0.15, 0.2) is 72.9 Å². The third-order valence-corrected chi connectivity index (χ3v) is 11.5. The van der Waals surface area contributed by atoms with E-state index in [-0.39, 0.29) is 31.1 Å². The van der Waals surface area contributed by atoms with Crippen molar-refractivity contribution in [2.45, 2.75) is 264 Å². The fourth-order valence-corrected chi connectivity index (χ4v) is 7.46. The van der Waals surface area contributed by atoms with Gasteiger partial charge in [-0.05, 0) is 77.0 Å². The number of unbranched alkanes of at least 4 members (excludes halogenated alkanes) is 27. The van der Waals surface area contributed by atoms with Crippen molar-refractivity contribution in [1.82, 2.24) is 0 Å². The van der Waals surface area contributed by atoms with Gasteiger partial charge in [-0.2, -0.15) is 0 Å². The van der Waals surface area contributed by atoms with Gasteiger partial charge in [-0.15, -0.1) is 0 Å². The van der Waals surface area contributed by atoms with Gasteiger partial charge in [0, 0.05) is 19.3 Å². The van der Waals surface area contributed by atoms with Crippen LogP contribution in [0.5, 0.6) is 0 Å². The van der Waals surface area contributed by atoms with E-state index in [0.717, 1.165) is 109 Å². The summed E-state index contributed by atoms with van der Waals surface area (Å²) in [6, 6.07) is 0. The van der Waals surface area contributed by atoms with Gasteiger partial charge in [-0.3, -0.25) is 14.4 Å². The highest BCUT2D eigenvalue weighted by Crippen LogP contribution is 2.15. The van der Waals surface area contributed by atoms with E-state index in [4.69, 9.17) is 14.2 Å². The molecule has 0 radical (unpaired) electrons. The van der Waals surface area contributed by atoms with Gasteiger partial charge in [0.15, 0.2) is 6.10 Å². The summed E-state index contributed by atoms with van der Waals surface area (Å²) < 4.78 is 16.8. The highest BCUT2D eigenvalue weighted by atomic mass is 16.6. The van der Waals surface area contributed by atoms with Crippen LogP contribution in [-0.2, 0) is 28.6 Å². The summed E-state index contributed by atoms with van der Waals surface area (Å²) in [5.41, 5.74) is 0. The van der Waals surface area contributed by atoms with Crippen molar-refractivity contribution in [2.24, 2.45) is 0 Å². The van der Waals surface area contributed by atoms with E-state index in [0.29, 0.717) is 19.3 Å². The second-order valence-corrected chi connectivity index (χ2v) is 17.8. The average Bonchev–Trinajstić information content (AvgIpc) is 3.29. The number of hydrogen-bond acceptors (Lipinski definition) is 6. The molecule has 0 saturated heterocycles. The van der Waals surface area contributed by atoms with Gasteiger partial charge in [0.25, 0.3) is 0 Å². The van der Waals surface area contributed by atoms with Gasteiger partial charge < -0.3 is 14.2 Å². The van der Waals surface area contributed by atoms with Gasteiger partial charge in [0.05, 0.1) is 0 Å². The van der Waals surface area contributed by atoms with Crippen molar-refractivity contribution in [1.29, 1.82) is 0 Å². The quantitative estimate of drug-likeness (QED) is 0.0199. The molecule has 0 bridgehead atoms. The lowest BCUT2D eigenvalue weighted by Crippen LogP contribution is -2.30. The molecule has 0 N–H and O–H groups in total. The smallest absolute Gasteiger partial charge is 0.306 e. The minimum atomic E-state index is -0.789. The van der Waals surface area contributed by atoms with Crippen molar-refractivity contribution < 1.29 is 28.6 Å². The Morgan fingerprint density at radius 2 is 0.672 bits per heavy atom. The molecular formula is C58H100O6. The second-order valence-electron chi connectivity index (χ2n) is 17.8. The number of rotatable bonds is 48. The SMILES string of the molecule is CC/C=C\C/C=C\C/C=C\CCCCCCCCC(=O)OC(COC(=O)CCCCCCC\C=C/C=C\C=C/CCCCCCC)COC(=O)CCCCCCCCCCCCCC. The standard InChI is InChI=1S/C58H100O6/c1-4-7-10-13-16-19-22-25-27-29-30-32-33-36-39-42-45-48-51-57(60)63-54-55(53-62-56(59)50-47-44-41-38-35-24-21-18-15-12-9-6-3)64-58(61)52-49-46-43-40-37-34-31-28-26-23-20-17-14-11-8-5-2/h8,11,17,20,22,25-30,32,55H,4-7,9-10,12-16,18-19,21,23-24,31,33-54H2,1-3H3/b11-8-,20-17-,25-22-,28-26-,29-27-,32-30-. The Morgan fingerprint density at radius 1 is 0.344 bits per heavy atom. The number of hydrogen-bond donors (Lipinski definition) is 0. The molecule has 6 heteroatoms. The zero-order valence-electron chi connectivity index (χ0n) is 42.0. The topological polar surface area (TPSA) is 78.9 Å². The van der Waals surface area contributed by atoms with E-state index in [9.17, 15) is 14.4 Å². The highest BCUT2D eigenvalue weighted by Gasteiger charge is 2.19. The van der Waals surface area contributed by atoms with Crippen LogP contribution in [0.1, 0.15) is 258 Å². The van der Waals surface area contributed by atoms with Crippen LogP contribution < -0.4 is 0 Å². The van der Waals surface area contributed by atoms with E-state index < -0.39 is 6.10 Å². The van der Waals surface area contributed by atoms with E-state index in [1.807, 2.05) is 0 Å². The summed E-state index contributed by atoms with van der Waals surface area (Å²) in [5, 5.41) is 0. The van der Waals surface area contributed by atoms with Crippen LogP contribution in [-0.4, -0.2) is 37.2 Å². The molecule has 0 aliphatic carbocycles. The minimum Gasteiger partial charge on any atom is -0.462 e. The first-order chi connectivity index (χ1) is 31.5. The Morgan fingerprint density at radius 3 is 1.08 bits per heavy atom. The van der Waals surface area contributed by atoms with Crippen LogP contribution in [0, 0.1) is 0 Å². The second kappa shape index (κ2) is 52.5. The van der Waals surface area contributed by atoms with Crippen LogP contribution in [0.3, 0.4) is 0 Å². The molecule has 6 nitrogen and oxygen atoms in total. The van der Waals surface area contributed by atoms with Gasteiger partial charge in [0.2, 0.25) is 0 Å². The normalized spacial score (nSPS) is 12.6. The molecule has 0 aliphatic rings. The lowest BCUT2D eigenvalue weighted by Gasteiger charge is -2.18. The number of carbonyl (C=O) groups excluding carboxylic acids is 3. The summed E-state index contributed by atoms with van der Waals surface area (Å²) >= 11 is 0. The molecule has 0 rings (SSSR count). The maximum Gasteiger partial charge on any atom is 0.306 e. The monoisotopic (exact) mass is 893 g/mol. The van der Waals surface area contributed by atoms with Gasteiger partial charge in [0.1, 0.15) is 13.2 Å². The fraction of sp³-hybridized carbons (Fsp3) is 0.741. The molecule has 0 saturated carbocycles. The Labute approximate surface area is 395 Å². The van der Waals surface area contributed by atoms with E-state index in [1.165, 1.54) is 109 Å². The van der Waals surface area contributed by atoms with Gasteiger partial charge >= 0.3 is 17.9 Å². The number of carbonyl (C=O) groups is 3. The van der Waals surface area contributed by atoms with Crippen LogP contribution in [0.4, 0.5) is 0 Å². The lowest BCUT2D eigenvalue weighted by atomic mass is 10.0. The molecule has 0 aromatic heterocycles. The molecule has 0 aliphatic heterocycles. The molecule has 0 heterocycles. The molecule has 1 unspecified atom stereocenters. The van der Waals surface area contributed by atoms with Crippen molar-refractivity contribution in [3.8, 4) is 0 Å².